The molecule has 0 bridgehead atoms. The molecule has 3 rings (SSSR count). The second kappa shape index (κ2) is 4.38. The summed E-state index contributed by atoms with van der Waals surface area (Å²) in [5.74, 6) is -1.07. The minimum atomic E-state index is -1.07. The van der Waals surface area contributed by atoms with Crippen LogP contribution in [0.2, 0.25) is 0 Å². The van der Waals surface area contributed by atoms with Crippen molar-refractivity contribution < 1.29 is 9.90 Å². The number of carboxylic acids is 1. The summed E-state index contributed by atoms with van der Waals surface area (Å²) in [4.78, 5) is 32.4. The number of pyridine rings is 1. The lowest BCUT2D eigenvalue weighted by molar-refractivity contribution is -0.137. The lowest BCUT2D eigenvalue weighted by Gasteiger charge is -2.01. The van der Waals surface area contributed by atoms with Gasteiger partial charge in [-0.2, -0.15) is 0 Å². The van der Waals surface area contributed by atoms with Crippen molar-refractivity contribution in [3.8, 4) is 0 Å². The Labute approximate surface area is 117 Å². The van der Waals surface area contributed by atoms with Gasteiger partial charge in [0.15, 0.2) is 0 Å². The maximum absolute atomic E-state index is 12.3. The zero-order valence-electron chi connectivity index (χ0n) is 10.9. The number of nitrogens with zero attached hydrogens (tertiary/aromatic N) is 3. The lowest BCUT2D eigenvalue weighted by Crippen LogP contribution is -2.23. The highest BCUT2D eigenvalue weighted by Gasteiger charge is 2.15. The van der Waals surface area contributed by atoms with Crippen molar-refractivity contribution in [3.63, 3.8) is 0 Å². The predicted octanol–water partition coefficient (Wildman–Crippen LogP) is 1.71. The largest absolute Gasteiger partial charge is 0.480 e. The Kier molecular flexibility index (Phi) is 2.79. The Morgan fingerprint density at radius 3 is 2.90 bits per heavy atom. The number of carboxylic acid groups (broad SMARTS) is 1. The fraction of sp³-hybridized carbons (Fsp3) is 0.231. The van der Waals surface area contributed by atoms with Crippen molar-refractivity contribution in [2.24, 2.45) is 0 Å². The molecule has 0 fully saturated rings. The van der Waals surface area contributed by atoms with E-state index in [1.165, 1.54) is 17.7 Å². The smallest absolute Gasteiger partial charge is 0.323 e. The van der Waals surface area contributed by atoms with Crippen LogP contribution in [0.15, 0.2) is 17.2 Å². The van der Waals surface area contributed by atoms with Crippen molar-refractivity contribution in [1.29, 1.82) is 0 Å². The van der Waals surface area contributed by atoms with Crippen LogP contribution >= 0.6 is 11.3 Å². The minimum absolute atomic E-state index is 0.336. The van der Waals surface area contributed by atoms with E-state index in [4.69, 9.17) is 5.11 Å². The van der Waals surface area contributed by atoms with Gasteiger partial charge in [-0.3, -0.25) is 14.2 Å². The third-order valence-electron chi connectivity index (χ3n) is 3.05. The Morgan fingerprint density at radius 2 is 2.20 bits per heavy atom. The zero-order chi connectivity index (χ0) is 14.4. The van der Waals surface area contributed by atoms with Crippen LogP contribution in [0.4, 0.5) is 0 Å². The van der Waals surface area contributed by atoms with Gasteiger partial charge in [-0.1, -0.05) is 0 Å². The number of aromatic nitrogens is 3. The molecule has 0 aromatic carbocycles. The van der Waals surface area contributed by atoms with Crippen LogP contribution in [0.5, 0.6) is 0 Å². The molecule has 0 radical (unpaired) electrons. The SMILES string of the molecule is Cc1cc(C)c2c(n1)sc1c(=O)n(CC(=O)O)cnc12. The highest BCUT2D eigenvalue weighted by molar-refractivity contribution is 7.25. The van der Waals surface area contributed by atoms with Crippen LogP contribution in [-0.4, -0.2) is 25.6 Å². The molecule has 0 amide bonds. The number of hydrogen-bond donors (Lipinski definition) is 1. The number of fused-ring (bicyclic) bond motifs is 3. The minimum Gasteiger partial charge on any atom is -0.480 e. The molecule has 0 aliphatic heterocycles. The molecule has 6 nitrogen and oxygen atoms in total. The Morgan fingerprint density at radius 1 is 1.45 bits per heavy atom. The van der Waals surface area contributed by atoms with E-state index in [9.17, 15) is 9.59 Å². The van der Waals surface area contributed by atoms with Crippen LogP contribution < -0.4 is 5.56 Å². The van der Waals surface area contributed by atoms with Gasteiger partial charge in [-0.05, 0) is 25.5 Å². The van der Waals surface area contributed by atoms with Crippen LogP contribution in [0.1, 0.15) is 11.3 Å². The van der Waals surface area contributed by atoms with Crippen LogP contribution in [0.3, 0.4) is 0 Å². The molecule has 3 heterocycles. The topological polar surface area (TPSA) is 85.1 Å². The molecule has 3 aromatic heterocycles. The number of aliphatic carboxylic acids is 1. The normalized spacial score (nSPS) is 11.3. The fourth-order valence-electron chi connectivity index (χ4n) is 2.26. The molecule has 0 aliphatic rings. The maximum Gasteiger partial charge on any atom is 0.323 e. The Bertz CT molecular complexity index is 910. The standard InChI is InChI=1S/C13H11N3O3S/c1-6-3-7(2)15-12-9(6)10-11(20-12)13(19)16(5-14-10)4-8(17)18/h3,5H,4H2,1-2H3,(H,17,18). The summed E-state index contributed by atoms with van der Waals surface area (Å²) in [6, 6.07) is 1.94. The van der Waals surface area contributed by atoms with E-state index in [-0.39, 0.29) is 12.1 Å². The molecule has 0 aliphatic carbocycles. The summed E-state index contributed by atoms with van der Waals surface area (Å²) in [7, 11) is 0. The van der Waals surface area contributed by atoms with E-state index in [1.54, 1.807) is 0 Å². The van der Waals surface area contributed by atoms with Crippen molar-refractivity contribution in [3.05, 3.63) is 34.0 Å². The van der Waals surface area contributed by atoms with E-state index < -0.39 is 5.97 Å². The Balaban J connectivity index is 2.39. The first-order valence-electron chi connectivity index (χ1n) is 5.95. The van der Waals surface area contributed by atoms with Crippen LogP contribution in [-0.2, 0) is 11.3 Å². The van der Waals surface area contributed by atoms with E-state index in [1.807, 2.05) is 19.9 Å². The number of rotatable bonds is 2. The Hall–Kier alpha value is -2.28. The second-order valence-electron chi connectivity index (χ2n) is 4.61. The summed E-state index contributed by atoms with van der Waals surface area (Å²) in [5, 5.41) is 9.66. The molecule has 102 valence electrons. The van der Waals surface area contributed by atoms with E-state index in [0.29, 0.717) is 10.2 Å². The summed E-state index contributed by atoms with van der Waals surface area (Å²) in [6.07, 6.45) is 1.28. The van der Waals surface area contributed by atoms with Crippen molar-refractivity contribution >= 4 is 37.7 Å². The monoisotopic (exact) mass is 289 g/mol. The molecule has 20 heavy (non-hydrogen) atoms. The molecule has 3 aromatic rings. The molecule has 1 N–H and O–H groups in total. The van der Waals surface area contributed by atoms with Crippen LogP contribution in [0, 0.1) is 13.8 Å². The van der Waals surface area contributed by atoms with Gasteiger partial charge in [-0.25, -0.2) is 9.97 Å². The van der Waals surface area contributed by atoms with Gasteiger partial charge in [0, 0.05) is 11.1 Å². The highest BCUT2D eigenvalue weighted by atomic mass is 32.1. The first-order chi connectivity index (χ1) is 9.47. The van der Waals surface area contributed by atoms with Gasteiger partial charge in [0.25, 0.3) is 5.56 Å². The molecule has 7 heteroatoms. The van der Waals surface area contributed by atoms with Gasteiger partial charge < -0.3 is 5.11 Å². The average molecular weight is 289 g/mol. The highest BCUT2D eigenvalue weighted by Crippen LogP contribution is 2.31. The summed E-state index contributed by atoms with van der Waals surface area (Å²) < 4.78 is 1.55. The van der Waals surface area contributed by atoms with Crippen LogP contribution in [0.25, 0.3) is 20.4 Å². The van der Waals surface area contributed by atoms with Gasteiger partial charge in [0.05, 0.1) is 11.8 Å². The predicted molar refractivity (Wildman–Crippen MR) is 76.3 cm³/mol. The third-order valence-corrected chi connectivity index (χ3v) is 4.11. The molecule has 0 unspecified atom stereocenters. The summed E-state index contributed by atoms with van der Waals surface area (Å²) in [6.45, 7) is 3.46. The summed E-state index contributed by atoms with van der Waals surface area (Å²) >= 11 is 1.26. The first-order valence-corrected chi connectivity index (χ1v) is 6.76. The van der Waals surface area contributed by atoms with E-state index >= 15 is 0 Å². The van der Waals surface area contributed by atoms with E-state index in [2.05, 4.69) is 9.97 Å². The third kappa shape index (κ3) is 1.87. The number of thiophene rings is 1. The quantitative estimate of drug-likeness (QED) is 0.776. The zero-order valence-corrected chi connectivity index (χ0v) is 11.7. The van der Waals surface area contributed by atoms with Crippen molar-refractivity contribution in [2.75, 3.05) is 0 Å². The van der Waals surface area contributed by atoms with Gasteiger partial charge in [-0.15, -0.1) is 11.3 Å². The number of carbonyl (C=O) groups is 1. The first kappa shape index (κ1) is 12.7. The molecule has 0 spiro atoms. The fourth-order valence-corrected chi connectivity index (χ4v) is 3.46. The van der Waals surface area contributed by atoms with Gasteiger partial charge in [0.2, 0.25) is 0 Å². The lowest BCUT2D eigenvalue weighted by atomic mass is 10.1. The van der Waals surface area contributed by atoms with Gasteiger partial charge in [0.1, 0.15) is 16.1 Å². The molecule has 0 saturated heterocycles. The summed E-state index contributed by atoms with van der Waals surface area (Å²) in [5.41, 5.74) is 2.16. The molecular weight excluding hydrogens is 278 g/mol. The van der Waals surface area contributed by atoms with Gasteiger partial charge >= 0.3 is 5.97 Å². The number of hydrogen-bond acceptors (Lipinski definition) is 5. The van der Waals surface area contributed by atoms with Crippen molar-refractivity contribution in [2.45, 2.75) is 20.4 Å². The average Bonchev–Trinajstić information content (AvgIpc) is 2.71. The second-order valence-corrected chi connectivity index (χ2v) is 5.61. The van der Waals surface area contributed by atoms with E-state index in [0.717, 1.165) is 26.0 Å². The molecule has 0 atom stereocenters. The van der Waals surface area contributed by atoms with Crippen molar-refractivity contribution in [1.82, 2.24) is 14.5 Å². The molecule has 0 saturated carbocycles. The number of aryl methyl sites for hydroxylation is 2. The molecular formula is C13H11N3O3S. The maximum atomic E-state index is 12.3.